The molecule has 0 atom stereocenters. The van der Waals surface area contributed by atoms with Gasteiger partial charge in [-0.15, -0.1) is 11.3 Å². The standard InChI is InChI=1S/C14H13ClFNO3S2/c15-13-4-5-14(21-13)22(18,19)17-7-12(8-17)20-9-10-2-1-3-11(16)6-10/h1-6,12H,7-9H2. The highest BCUT2D eigenvalue weighted by Crippen LogP contribution is 2.30. The van der Waals surface area contributed by atoms with E-state index in [2.05, 4.69) is 0 Å². The molecule has 22 heavy (non-hydrogen) atoms. The Hall–Kier alpha value is -0.990. The zero-order valence-electron chi connectivity index (χ0n) is 11.4. The average molecular weight is 362 g/mol. The van der Waals surface area contributed by atoms with E-state index < -0.39 is 10.0 Å². The van der Waals surface area contributed by atoms with Crippen molar-refractivity contribution in [1.29, 1.82) is 0 Å². The van der Waals surface area contributed by atoms with Crippen LogP contribution in [-0.2, 0) is 21.4 Å². The third-order valence-electron chi connectivity index (χ3n) is 3.33. The van der Waals surface area contributed by atoms with Gasteiger partial charge in [0.15, 0.2) is 0 Å². The number of hydrogen-bond donors (Lipinski definition) is 0. The number of ether oxygens (including phenoxy) is 1. The van der Waals surface area contributed by atoms with Crippen molar-refractivity contribution >= 4 is 33.0 Å². The molecule has 2 heterocycles. The van der Waals surface area contributed by atoms with Crippen LogP contribution in [0.15, 0.2) is 40.6 Å². The Morgan fingerprint density at radius 2 is 2.09 bits per heavy atom. The van der Waals surface area contributed by atoms with Gasteiger partial charge in [-0.25, -0.2) is 12.8 Å². The van der Waals surface area contributed by atoms with E-state index in [1.165, 1.54) is 22.5 Å². The molecule has 0 radical (unpaired) electrons. The third kappa shape index (κ3) is 3.33. The average Bonchev–Trinajstić information content (AvgIpc) is 2.84. The molecule has 0 aliphatic carbocycles. The van der Waals surface area contributed by atoms with Crippen LogP contribution in [0.3, 0.4) is 0 Å². The van der Waals surface area contributed by atoms with Gasteiger partial charge in [-0.2, -0.15) is 4.31 Å². The highest BCUT2D eigenvalue weighted by molar-refractivity contribution is 7.91. The summed E-state index contributed by atoms with van der Waals surface area (Å²) in [6.07, 6.45) is -0.173. The molecule has 0 bridgehead atoms. The number of rotatable bonds is 5. The number of thiophene rings is 1. The van der Waals surface area contributed by atoms with E-state index in [0.29, 0.717) is 17.4 Å². The Balaban J connectivity index is 1.54. The molecular formula is C14H13ClFNO3S2. The van der Waals surface area contributed by atoms with Gasteiger partial charge in [0.1, 0.15) is 10.0 Å². The highest BCUT2D eigenvalue weighted by atomic mass is 35.5. The van der Waals surface area contributed by atoms with Crippen LogP contribution in [0.2, 0.25) is 4.34 Å². The van der Waals surface area contributed by atoms with Crippen LogP contribution in [0.4, 0.5) is 4.39 Å². The lowest BCUT2D eigenvalue weighted by Crippen LogP contribution is -2.54. The maximum Gasteiger partial charge on any atom is 0.252 e. The molecule has 3 rings (SSSR count). The Labute approximate surface area is 137 Å². The first-order valence-electron chi connectivity index (χ1n) is 6.57. The zero-order chi connectivity index (χ0) is 15.7. The molecule has 1 aliphatic heterocycles. The van der Waals surface area contributed by atoms with Crippen molar-refractivity contribution in [3.63, 3.8) is 0 Å². The molecule has 0 spiro atoms. The normalized spacial score (nSPS) is 16.6. The highest BCUT2D eigenvalue weighted by Gasteiger charge is 2.38. The lowest BCUT2D eigenvalue weighted by molar-refractivity contribution is -0.0295. The maximum absolute atomic E-state index is 13.0. The molecule has 0 amide bonds. The van der Waals surface area contributed by atoms with Gasteiger partial charge in [0.05, 0.1) is 17.0 Å². The predicted molar refractivity (Wildman–Crippen MR) is 83.1 cm³/mol. The first-order valence-corrected chi connectivity index (χ1v) is 9.20. The molecule has 1 aromatic carbocycles. The molecule has 1 aliphatic rings. The summed E-state index contributed by atoms with van der Waals surface area (Å²) in [6.45, 7) is 0.863. The zero-order valence-corrected chi connectivity index (χ0v) is 13.8. The third-order valence-corrected chi connectivity index (χ3v) is 6.86. The summed E-state index contributed by atoms with van der Waals surface area (Å²) < 4.78 is 45.2. The lowest BCUT2D eigenvalue weighted by atomic mass is 10.2. The molecule has 0 N–H and O–H groups in total. The summed E-state index contributed by atoms with van der Waals surface area (Å²) in [5.74, 6) is -0.312. The van der Waals surface area contributed by atoms with Crippen molar-refractivity contribution < 1.29 is 17.5 Å². The van der Waals surface area contributed by atoms with Crippen LogP contribution in [0.25, 0.3) is 0 Å². The van der Waals surface area contributed by atoms with Crippen molar-refractivity contribution in [3.05, 3.63) is 52.1 Å². The van der Waals surface area contributed by atoms with Crippen molar-refractivity contribution in [1.82, 2.24) is 4.31 Å². The summed E-state index contributed by atoms with van der Waals surface area (Å²) in [5.41, 5.74) is 0.728. The number of halogens is 2. The fourth-order valence-corrected chi connectivity index (χ4v) is 5.25. The molecule has 0 saturated carbocycles. The van der Waals surface area contributed by atoms with Gasteiger partial charge in [-0.1, -0.05) is 23.7 Å². The smallest absolute Gasteiger partial charge is 0.252 e. The summed E-state index contributed by atoms with van der Waals surface area (Å²) in [7, 11) is -3.48. The van der Waals surface area contributed by atoms with E-state index >= 15 is 0 Å². The van der Waals surface area contributed by atoms with E-state index in [-0.39, 0.29) is 22.7 Å². The van der Waals surface area contributed by atoms with Crippen molar-refractivity contribution in [2.24, 2.45) is 0 Å². The van der Waals surface area contributed by atoms with Crippen LogP contribution in [0, 0.1) is 5.82 Å². The van der Waals surface area contributed by atoms with Gasteiger partial charge < -0.3 is 4.74 Å². The maximum atomic E-state index is 13.0. The molecule has 1 saturated heterocycles. The SMILES string of the molecule is O=S(=O)(c1ccc(Cl)s1)N1CC(OCc2cccc(F)c2)C1. The summed E-state index contributed by atoms with van der Waals surface area (Å²) in [6, 6.07) is 9.23. The van der Waals surface area contributed by atoms with Gasteiger partial charge in [0, 0.05) is 13.1 Å². The van der Waals surface area contributed by atoms with Gasteiger partial charge in [-0.05, 0) is 29.8 Å². The fraction of sp³-hybridized carbons (Fsp3) is 0.286. The van der Waals surface area contributed by atoms with Crippen LogP contribution < -0.4 is 0 Å². The minimum absolute atomic E-state index is 0.173. The molecule has 4 nitrogen and oxygen atoms in total. The topological polar surface area (TPSA) is 46.6 Å². The monoisotopic (exact) mass is 361 g/mol. The van der Waals surface area contributed by atoms with E-state index in [9.17, 15) is 12.8 Å². The summed E-state index contributed by atoms with van der Waals surface area (Å²) >= 11 is 6.81. The minimum atomic E-state index is -3.48. The molecule has 1 fully saturated rings. The van der Waals surface area contributed by atoms with Gasteiger partial charge >= 0.3 is 0 Å². The minimum Gasteiger partial charge on any atom is -0.371 e. The fourth-order valence-electron chi connectivity index (χ4n) is 2.11. The van der Waals surface area contributed by atoms with Gasteiger partial charge in [0.2, 0.25) is 0 Å². The first kappa shape index (κ1) is 15.9. The van der Waals surface area contributed by atoms with E-state index in [4.69, 9.17) is 16.3 Å². The number of sulfonamides is 1. The number of benzene rings is 1. The van der Waals surface area contributed by atoms with Crippen LogP contribution >= 0.6 is 22.9 Å². The molecule has 1 aromatic heterocycles. The predicted octanol–water partition coefficient (Wildman–Crippen LogP) is 3.13. The van der Waals surface area contributed by atoms with Crippen LogP contribution in [-0.4, -0.2) is 31.9 Å². The second kappa shape index (κ2) is 6.25. The Kier molecular flexibility index (Phi) is 4.52. The molecule has 2 aromatic rings. The number of nitrogens with zero attached hydrogens (tertiary/aromatic N) is 1. The van der Waals surface area contributed by atoms with Crippen molar-refractivity contribution in [3.8, 4) is 0 Å². The molecule has 8 heteroatoms. The number of hydrogen-bond acceptors (Lipinski definition) is 4. The van der Waals surface area contributed by atoms with E-state index in [0.717, 1.165) is 16.9 Å². The second-order valence-corrected chi connectivity index (χ2v) is 8.82. The largest absolute Gasteiger partial charge is 0.371 e. The molecule has 118 valence electrons. The molecular weight excluding hydrogens is 349 g/mol. The van der Waals surface area contributed by atoms with Gasteiger partial charge in [-0.3, -0.25) is 0 Å². The Bertz CT molecular complexity index is 772. The summed E-state index contributed by atoms with van der Waals surface area (Å²) in [5, 5.41) is 0. The quantitative estimate of drug-likeness (QED) is 0.822. The molecule has 0 unspecified atom stereocenters. The van der Waals surface area contributed by atoms with Crippen molar-refractivity contribution in [2.75, 3.05) is 13.1 Å². The van der Waals surface area contributed by atoms with Crippen LogP contribution in [0.1, 0.15) is 5.56 Å². The lowest BCUT2D eigenvalue weighted by Gasteiger charge is -2.37. The van der Waals surface area contributed by atoms with E-state index in [1.807, 2.05) is 0 Å². The van der Waals surface area contributed by atoms with Crippen LogP contribution in [0.5, 0.6) is 0 Å². The Morgan fingerprint density at radius 1 is 1.32 bits per heavy atom. The van der Waals surface area contributed by atoms with Gasteiger partial charge in [0.25, 0.3) is 10.0 Å². The van der Waals surface area contributed by atoms with E-state index in [1.54, 1.807) is 18.2 Å². The summed E-state index contributed by atoms with van der Waals surface area (Å²) in [4.78, 5) is 0. The van der Waals surface area contributed by atoms with Crippen molar-refractivity contribution in [2.45, 2.75) is 16.9 Å². The first-order chi connectivity index (χ1) is 10.4. The Morgan fingerprint density at radius 3 is 2.73 bits per heavy atom. The second-order valence-electron chi connectivity index (χ2n) is 4.94.